The van der Waals surface area contributed by atoms with Gasteiger partial charge in [-0.15, -0.1) is 0 Å². The second kappa shape index (κ2) is 16.4. The van der Waals surface area contributed by atoms with Crippen molar-refractivity contribution in [3.8, 4) is 6.07 Å². The molecule has 0 saturated carbocycles. The van der Waals surface area contributed by atoms with Crippen LogP contribution in [0.4, 0.5) is 0 Å². The number of nitrogens with zero attached hydrogens (tertiary/aromatic N) is 3. The number of fused-ring (bicyclic) bond motifs is 1. The number of pyridine rings is 1. The van der Waals surface area contributed by atoms with Gasteiger partial charge in [0.15, 0.2) is 0 Å². The van der Waals surface area contributed by atoms with Crippen molar-refractivity contribution in [1.82, 2.24) is 15.2 Å². The fraction of sp³-hybridized carbons (Fsp3) is 0.367. The summed E-state index contributed by atoms with van der Waals surface area (Å²) in [6, 6.07) is 23.7. The maximum atomic E-state index is 12.4. The molecule has 0 aliphatic carbocycles. The molecular weight excluding hydrogens is 475 g/mol. The smallest absolute Gasteiger partial charge is 0.426 e. The van der Waals surface area contributed by atoms with Gasteiger partial charge in [0.1, 0.15) is 0 Å². The van der Waals surface area contributed by atoms with Gasteiger partial charge in [0.05, 0.1) is 30.2 Å². The fourth-order valence-corrected chi connectivity index (χ4v) is 4.13. The third-order valence-electron chi connectivity index (χ3n) is 6.15. The van der Waals surface area contributed by atoms with Crippen LogP contribution in [0.2, 0.25) is 0 Å². The summed E-state index contributed by atoms with van der Waals surface area (Å²) in [6.07, 6.45) is 3.01. The van der Waals surface area contributed by atoms with Crippen LogP contribution in [0, 0.1) is 18.3 Å². The van der Waals surface area contributed by atoms with Crippen molar-refractivity contribution in [2.24, 2.45) is 0 Å². The van der Waals surface area contributed by atoms with Gasteiger partial charge in [-0.1, -0.05) is 74.0 Å². The summed E-state index contributed by atoms with van der Waals surface area (Å²) in [5.74, 6) is -0.999. The van der Waals surface area contributed by atoms with Crippen molar-refractivity contribution < 1.29 is 14.8 Å². The van der Waals surface area contributed by atoms with Gasteiger partial charge in [-0.3, -0.25) is 14.7 Å². The third-order valence-corrected chi connectivity index (χ3v) is 6.15. The van der Waals surface area contributed by atoms with Gasteiger partial charge in [0.2, 0.25) is 5.91 Å². The lowest BCUT2D eigenvalue weighted by atomic mass is 9.76. The number of hydrogen-bond acceptors (Lipinski definition) is 6. The average molecular weight is 514 g/mol. The predicted molar refractivity (Wildman–Crippen MR) is 152 cm³/mol. The number of hydrogen-bond donors (Lipinski definition) is 3. The minimum atomic E-state index is -1.59. The zero-order chi connectivity index (χ0) is 27.9. The number of amides is 1. The van der Waals surface area contributed by atoms with Gasteiger partial charge in [0, 0.05) is 19.3 Å². The van der Waals surface area contributed by atoms with E-state index in [0.29, 0.717) is 6.42 Å². The SMILES string of the molecule is CC.CC(C#N)c1ccccn1.Cc1ccc2c(c1)CN(CC(=O)NC(Cc1ccccc1)B(O)O)CC2. The van der Waals surface area contributed by atoms with Gasteiger partial charge in [-0.25, -0.2) is 0 Å². The molecule has 8 heteroatoms. The van der Waals surface area contributed by atoms with Gasteiger partial charge < -0.3 is 15.4 Å². The zero-order valence-electron chi connectivity index (χ0n) is 22.8. The average Bonchev–Trinajstić information content (AvgIpc) is 2.94. The molecule has 38 heavy (non-hydrogen) atoms. The molecule has 1 aliphatic rings. The molecule has 0 saturated heterocycles. The molecule has 2 aromatic carbocycles. The number of benzene rings is 2. The molecule has 3 N–H and O–H groups in total. The van der Waals surface area contributed by atoms with E-state index in [0.717, 1.165) is 30.8 Å². The van der Waals surface area contributed by atoms with Crippen molar-refractivity contribution in [2.45, 2.75) is 58.9 Å². The molecule has 4 rings (SSSR count). The molecule has 0 spiro atoms. The molecule has 3 aromatic rings. The van der Waals surface area contributed by atoms with E-state index in [1.165, 1.54) is 16.7 Å². The maximum Gasteiger partial charge on any atom is 0.475 e. The number of aryl methyl sites for hydroxylation is 1. The number of nitriles is 1. The van der Waals surface area contributed by atoms with Crippen molar-refractivity contribution in [3.63, 3.8) is 0 Å². The molecule has 2 atom stereocenters. The Hall–Kier alpha value is -3.51. The Morgan fingerprint density at radius 3 is 2.45 bits per heavy atom. The Morgan fingerprint density at radius 1 is 1.11 bits per heavy atom. The molecule has 1 aliphatic heterocycles. The largest absolute Gasteiger partial charge is 0.475 e. The van der Waals surface area contributed by atoms with Crippen LogP contribution >= 0.6 is 0 Å². The van der Waals surface area contributed by atoms with Crippen LogP contribution in [0.25, 0.3) is 0 Å². The second-order valence-electron chi connectivity index (χ2n) is 9.12. The number of carbonyl (C=O) groups excluding carboxylic acids is 1. The van der Waals surface area contributed by atoms with E-state index >= 15 is 0 Å². The highest BCUT2D eigenvalue weighted by molar-refractivity contribution is 6.43. The summed E-state index contributed by atoms with van der Waals surface area (Å²) in [5, 5.41) is 30.5. The lowest BCUT2D eigenvalue weighted by molar-refractivity contribution is -0.122. The first-order valence-electron chi connectivity index (χ1n) is 13.2. The molecule has 0 bridgehead atoms. The third kappa shape index (κ3) is 10.1. The van der Waals surface area contributed by atoms with E-state index in [1.54, 1.807) is 6.20 Å². The highest BCUT2D eigenvalue weighted by Gasteiger charge is 2.27. The van der Waals surface area contributed by atoms with Gasteiger partial charge in [-0.2, -0.15) is 5.26 Å². The van der Waals surface area contributed by atoms with E-state index in [-0.39, 0.29) is 18.4 Å². The first-order chi connectivity index (χ1) is 18.4. The fourth-order valence-electron chi connectivity index (χ4n) is 4.13. The van der Waals surface area contributed by atoms with Gasteiger partial charge in [0.25, 0.3) is 0 Å². The van der Waals surface area contributed by atoms with Crippen molar-refractivity contribution in [2.75, 3.05) is 13.1 Å². The highest BCUT2D eigenvalue weighted by Crippen LogP contribution is 2.20. The van der Waals surface area contributed by atoms with Gasteiger partial charge >= 0.3 is 7.12 Å². The summed E-state index contributed by atoms with van der Waals surface area (Å²) < 4.78 is 0. The van der Waals surface area contributed by atoms with E-state index in [4.69, 9.17) is 5.26 Å². The zero-order valence-corrected chi connectivity index (χ0v) is 22.8. The maximum absolute atomic E-state index is 12.4. The molecule has 2 unspecified atom stereocenters. The summed E-state index contributed by atoms with van der Waals surface area (Å²) in [4.78, 5) is 18.5. The molecule has 1 amide bonds. The second-order valence-corrected chi connectivity index (χ2v) is 9.12. The van der Waals surface area contributed by atoms with Crippen molar-refractivity contribution in [1.29, 1.82) is 5.26 Å². The molecule has 200 valence electrons. The lowest BCUT2D eigenvalue weighted by Gasteiger charge is -2.29. The summed E-state index contributed by atoms with van der Waals surface area (Å²) in [5.41, 5.74) is 5.63. The Labute approximate surface area is 227 Å². The first kappa shape index (κ1) is 30.7. The van der Waals surface area contributed by atoms with E-state index in [2.05, 4.69) is 46.4 Å². The van der Waals surface area contributed by atoms with Crippen LogP contribution in [-0.4, -0.2) is 52.0 Å². The van der Waals surface area contributed by atoms with Crippen LogP contribution in [0.15, 0.2) is 72.9 Å². The van der Waals surface area contributed by atoms with E-state index in [9.17, 15) is 14.8 Å². The summed E-state index contributed by atoms with van der Waals surface area (Å²) >= 11 is 0. The van der Waals surface area contributed by atoms with Gasteiger partial charge in [-0.05, 0) is 55.5 Å². The van der Waals surface area contributed by atoms with Crippen molar-refractivity contribution >= 4 is 13.0 Å². The monoisotopic (exact) mass is 514 g/mol. The number of rotatable bonds is 7. The molecule has 0 fully saturated rings. The Balaban J connectivity index is 0.000000353. The first-order valence-corrected chi connectivity index (χ1v) is 13.2. The minimum absolute atomic E-state index is 0.0961. The van der Waals surface area contributed by atoms with Crippen molar-refractivity contribution in [3.05, 3.63) is 101 Å². The van der Waals surface area contributed by atoms with Crippen LogP contribution in [0.3, 0.4) is 0 Å². The van der Waals surface area contributed by atoms with Crippen LogP contribution in [0.5, 0.6) is 0 Å². The van der Waals surface area contributed by atoms with Crippen LogP contribution in [-0.2, 0) is 24.2 Å². The topological polar surface area (TPSA) is 109 Å². The number of carbonyl (C=O) groups is 1. The van der Waals surface area contributed by atoms with E-state index < -0.39 is 13.1 Å². The molecular formula is C30H39BN4O3. The predicted octanol–water partition coefficient (Wildman–Crippen LogP) is 3.83. The molecule has 2 heterocycles. The van der Waals surface area contributed by atoms with Crippen LogP contribution < -0.4 is 5.32 Å². The standard InChI is InChI=1S/C20H25BN2O3.C8H8N2.C2H6/c1-15-7-8-17-9-10-23(13-18(17)11-15)14-20(24)22-19(21(25)26)12-16-5-3-2-4-6-16;1-7(6-9)8-4-2-3-5-10-8;1-2/h2-8,11,19,25-26H,9-10,12-14H2,1H3,(H,22,24);2-5,7H,1H3;1-2H3. The Bertz CT molecular complexity index is 1150. The van der Waals surface area contributed by atoms with E-state index in [1.807, 2.05) is 69.3 Å². The number of nitrogens with one attached hydrogen (secondary N) is 1. The molecule has 1 aromatic heterocycles. The molecule has 0 radical (unpaired) electrons. The quantitative estimate of drug-likeness (QED) is 0.414. The summed E-state index contributed by atoms with van der Waals surface area (Å²) in [7, 11) is -1.59. The Morgan fingerprint density at radius 2 is 1.82 bits per heavy atom. The Kier molecular flexibility index (Phi) is 13.2. The highest BCUT2D eigenvalue weighted by atomic mass is 16.4. The minimum Gasteiger partial charge on any atom is -0.426 e. The summed E-state index contributed by atoms with van der Waals surface area (Å²) in [6.45, 7) is 9.74. The van der Waals surface area contributed by atoms with Crippen LogP contribution in [0.1, 0.15) is 54.6 Å². The number of aromatic nitrogens is 1. The lowest BCUT2D eigenvalue weighted by Crippen LogP contribution is -2.51. The normalized spacial score (nSPS) is 13.7. The molecule has 7 nitrogen and oxygen atoms in total.